The van der Waals surface area contributed by atoms with Crippen molar-refractivity contribution in [3.05, 3.63) is 42.5 Å². The average Bonchev–Trinajstić information content (AvgIpc) is 2.47. The molecule has 0 radical (unpaired) electrons. The van der Waals surface area contributed by atoms with E-state index >= 15 is 0 Å². The van der Waals surface area contributed by atoms with Gasteiger partial charge in [0.2, 0.25) is 10.0 Å². The highest BCUT2D eigenvalue weighted by Gasteiger charge is 2.33. The fourth-order valence-corrected chi connectivity index (χ4v) is 3.66. The van der Waals surface area contributed by atoms with E-state index in [0.717, 1.165) is 15.1 Å². The van der Waals surface area contributed by atoms with Gasteiger partial charge >= 0.3 is 5.97 Å². The molecule has 0 aliphatic carbocycles. The Bertz CT molecular complexity index is 765. The van der Waals surface area contributed by atoms with Crippen LogP contribution in [0.1, 0.15) is 13.8 Å². The number of benzene rings is 2. The first-order valence-electron chi connectivity index (χ1n) is 6.61. The molecule has 2 rings (SSSR count). The summed E-state index contributed by atoms with van der Waals surface area (Å²) in [4.78, 5) is 11.1. The Hall–Kier alpha value is -2.08. The van der Waals surface area contributed by atoms with Crippen LogP contribution in [0.3, 0.4) is 0 Å². The molecule has 0 aliphatic heterocycles. The van der Waals surface area contributed by atoms with Crippen molar-refractivity contribution in [3.63, 3.8) is 0 Å². The van der Waals surface area contributed by atoms with E-state index in [9.17, 15) is 13.2 Å². The third kappa shape index (κ3) is 2.71. The smallest absolute Gasteiger partial charge is 0.323 e. The first-order chi connectivity index (χ1) is 9.89. The van der Waals surface area contributed by atoms with Gasteiger partial charge in [0.15, 0.2) is 5.25 Å². The van der Waals surface area contributed by atoms with Gasteiger partial charge in [-0.15, -0.1) is 0 Å². The molecular weight excluding hydrogens is 290 g/mol. The maximum Gasteiger partial charge on any atom is 0.323 e. The third-order valence-electron chi connectivity index (χ3n) is 3.42. The number of rotatable bonds is 5. The molecule has 0 aliphatic rings. The number of hydrogen-bond acceptors (Lipinski definition) is 3. The minimum Gasteiger partial charge on any atom is -0.480 e. The van der Waals surface area contributed by atoms with Crippen LogP contribution in [0, 0.1) is 0 Å². The van der Waals surface area contributed by atoms with Gasteiger partial charge < -0.3 is 5.11 Å². The number of fused-ring (bicyclic) bond motifs is 1. The Kier molecular flexibility index (Phi) is 4.18. The first-order valence-corrected chi connectivity index (χ1v) is 8.12. The van der Waals surface area contributed by atoms with Gasteiger partial charge in [-0.25, -0.2) is 8.42 Å². The Morgan fingerprint density at radius 2 is 1.81 bits per heavy atom. The lowest BCUT2D eigenvalue weighted by Gasteiger charge is -2.26. The first kappa shape index (κ1) is 15.3. The summed E-state index contributed by atoms with van der Waals surface area (Å²) in [6, 6.07) is 12.8. The number of carboxylic acid groups (broad SMARTS) is 1. The summed E-state index contributed by atoms with van der Waals surface area (Å²) in [5.41, 5.74) is 0.503. The van der Waals surface area contributed by atoms with E-state index in [0.29, 0.717) is 5.69 Å². The van der Waals surface area contributed by atoms with Crippen molar-refractivity contribution >= 4 is 32.5 Å². The summed E-state index contributed by atoms with van der Waals surface area (Å²) in [6.07, 6.45) is 0. The van der Waals surface area contributed by atoms with Crippen molar-refractivity contribution in [2.75, 3.05) is 10.8 Å². The second-order valence-corrected chi connectivity index (χ2v) is 6.87. The molecule has 21 heavy (non-hydrogen) atoms. The summed E-state index contributed by atoms with van der Waals surface area (Å²) in [5, 5.41) is 9.22. The number of carbonyl (C=O) groups is 1. The lowest BCUT2D eigenvalue weighted by atomic mass is 10.1. The molecule has 0 saturated heterocycles. The van der Waals surface area contributed by atoms with Crippen LogP contribution in [-0.2, 0) is 14.8 Å². The van der Waals surface area contributed by atoms with Crippen molar-refractivity contribution in [2.45, 2.75) is 19.1 Å². The molecule has 2 aromatic carbocycles. The molecule has 0 bridgehead atoms. The normalized spacial score (nSPS) is 13.0. The summed E-state index contributed by atoms with van der Waals surface area (Å²) in [5.74, 6) is -1.35. The van der Waals surface area contributed by atoms with Crippen LogP contribution in [-0.4, -0.2) is 31.3 Å². The molecule has 1 unspecified atom stereocenters. The minimum atomic E-state index is -3.96. The zero-order valence-corrected chi connectivity index (χ0v) is 12.7. The molecule has 0 heterocycles. The molecule has 0 saturated carbocycles. The lowest BCUT2D eigenvalue weighted by molar-refractivity contribution is -0.136. The molecule has 1 atom stereocenters. The second kappa shape index (κ2) is 5.73. The minimum absolute atomic E-state index is 0.175. The number of sulfonamides is 1. The number of hydrogen-bond donors (Lipinski definition) is 1. The Morgan fingerprint density at radius 1 is 1.19 bits per heavy atom. The Balaban J connectivity index is 2.63. The van der Waals surface area contributed by atoms with Crippen molar-refractivity contribution in [1.82, 2.24) is 0 Å². The molecule has 0 spiro atoms. The molecule has 1 N–H and O–H groups in total. The molecule has 0 amide bonds. The number of nitrogens with zero attached hydrogens (tertiary/aromatic N) is 1. The van der Waals surface area contributed by atoms with E-state index in [1.165, 1.54) is 6.92 Å². The van der Waals surface area contributed by atoms with Gasteiger partial charge in [0.1, 0.15) is 0 Å². The molecule has 112 valence electrons. The van der Waals surface area contributed by atoms with Gasteiger partial charge in [0, 0.05) is 11.9 Å². The van der Waals surface area contributed by atoms with E-state index in [-0.39, 0.29) is 6.54 Å². The molecular formula is C15H17NO4S. The van der Waals surface area contributed by atoms with Crippen LogP contribution >= 0.6 is 0 Å². The molecule has 6 heteroatoms. The van der Waals surface area contributed by atoms with E-state index in [1.54, 1.807) is 19.1 Å². The lowest BCUT2D eigenvalue weighted by Crippen LogP contribution is -2.41. The van der Waals surface area contributed by atoms with Gasteiger partial charge in [-0.05, 0) is 25.3 Å². The Labute approximate surface area is 123 Å². The van der Waals surface area contributed by atoms with Crippen molar-refractivity contribution < 1.29 is 18.3 Å². The largest absolute Gasteiger partial charge is 0.480 e. The van der Waals surface area contributed by atoms with E-state index in [1.807, 2.05) is 30.3 Å². The molecule has 2 aromatic rings. The van der Waals surface area contributed by atoms with E-state index in [4.69, 9.17) is 5.11 Å². The summed E-state index contributed by atoms with van der Waals surface area (Å²) < 4.78 is 26.1. The molecule has 0 aromatic heterocycles. The van der Waals surface area contributed by atoms with Gasteiger partial charge in [0.25, 0.3) is 0 Å². The monoisotopic (exact) mass is 307 g/mol. The fourth-order valence-electron chi connectivity index (χ4n) is 2.23. The maximum absolute atomic E-state index is 12.5. The van der Waals surface area contributed by atoms with Crippen molar-refractivity contribution in [1.29, 1.82) is 0 Å². The van der Waals surface area contributed by atoms with Crippen molar-refractivity contribution in [2.24, 2.45) is 0 Å². The second-order valence-electron chi connectivity index (χ2n) is 4.69. The fraction of sp³-hybridized carbons (Fsp3) is 0.267. The number of carboxylic acids is 1. The van der Waals surface area contributed by atoms with Crippen LogP contribution in [0.5, 0.6) is 0 Å². The van der Waals surface area contributed by atoms with Gasteiger partial charge in [-0.2, -0.15) is 0 Å². The summed E-state index contributed by atoms with van der Waals surface area (Å²) >= 11 is 0. The van der Waals surface area contributed by atoms with Crippen molar-refractivity contribution in [3.8, 4) is 0 Å². The number of aliphatic carboxylic acids is 1. The van der Waals surface area contributed by atoms with Crippen LogP contribution in [0.15, 0.2) is 42.5 Å². The highest BCUT2D eigenvalue weighted by atomic mass is 32.2. The summed E-state index contributed by atoms with van der Waals surface area (Å²) in [7, 11) is -3.96. The molecule has 0 fully saturated rings. The van der Waals surface area contributed by atoms with Crippen LogP contribution in [0.2, 0.25) is 0 Å². The molecule has 5 nitrogen and oxygen atoms in total. The highest BCUT2D eigenvalue weighted by Crippen LogP contribution is 2.29. The SMILES string of the molecule is CCN(c1cccc2ccccc12)S(=O)(=O)C(C)C(=O)O. The van der Waals surface area contributed by atoms with Crippen LogP contribution in [0.25, 0.3) is 10.8 Å². The summed E-state index contributed by atoms with van der Waals surface area (Å²) in [6.45, 7) is 3.05. The average molecular weight is 307 g/mol. The van der Waals surface area contributed by atoms with Crippen LogP contribution in [0.4, 0.5) is 5.69 Å². The highest BCUT2D eigenvalue weighted by molar-refractivity contribution is 7.94. The zero-order valence-electron chi connectivity index (χ0n) is 11.9. The third-order valence-corrected chi connectivity index (χ3v) is 5.59. The number of anilines is 1. The maximum atomic E-state index is 12.5. The quantitative estimate of drug-likeness (QED) is 0.921. The van der Waals surface area contributed by atoms with E-state index in [2.05, 4.69) is 0 Å². The van der Waals surface area contributed by atoms with E-state index < -0.39 is 21.2 Å². The van der Waals surface area contributed by atoms with Crippen LogP contribution < -0.4 is 4.31 Å². The topological polar surface area (TPSA) is 74.7 Å². The van der Waals surface area contributed by atoms with Gasteiger partial charge in [0.05, 0.1) is 5.69 Å². The predicted molar refractivity (Wildman–Crippen MR) is 83.0 cm³/mol. The zero-order chi connectivity index (χ0) is 15.6. The predicted octanol–water partition coefficient (Wildman–Crippen LogP) is 2.47. The van der Waals surface area contributed by atoms with Gasteiger partial charge in [-0.1, -0.05) is 36.4 Å². The van der Waals surface area contributed by atoms with Gasteiger partial charge in [-0.3, -0.25) is 9.10 Å². The Morgan fingerprint density at radius 3 is 2.43 bits per heavy atom. The standard InChI is InChI=1S/C15H17NO4S/c1-3-16(21(19,20)11(2)15(17)18)14-10-6-8-12-7-4-5-9-13(12)14/h4-11H,3H2,1-2H3,(H,17,18).